The third-order valence-corrected chi connectivity index (χ3v) is 5.26. The van der Waals surface area contributed by atoms with Gasteiger partial charge in [-0.2, -0.15) is 0 Å². The van der Waals surface area contributed by atoms with Crippen molar-refractivity contribution < 1.29 is 14.0 Å². The van der Waals surface area contributed by atoms with Crippen LogP contribution in [0.1, 0.15) is 23.2 Å². The number of nitrogens with zero attached hydrogens (tertiary/aromatic N) is 2. The summed E-state index contributed by atoms with van der Waals surface area (Å²) in [5.41, 5.74) is 2.86. The fourth-order valence-corrected chi connectivity index (χ4v) is 3.86. The molecule has 0 spiro atoms. The van der Waals surface area contributed by atoms with Gasteiger partial charge >= 0.3 is 0 Å². The van der Waals surface area contributed by atoms with Crippen molar-refractivity contribution in [3.8, 4) is 5.69 Å². The highest BCUT2D eigenvalue weighted by Gasteiger charge is 2.17. The molecule has 0 saturated carbocycles. The van der Waals surface area contributed by atoms with Gasteiger partial charge < -0.3 is 9.73 Å². The lowest BCUT2D eigenvalue weighted by molar-refractivity contribution is -0.119. The van der Waals surface area contributed by atoms with E-state index in [9.17, 15) is 9.59 Å². The van der Waals surface area contributed by atoms with Crippen LogP contribution in [-0.4, -0.2) is 27.0 Å². The number of hydrogen-bond donors (Lipinski definition) is 1. The summed E-state index contributed by atoms with van der Waals surface area (Å²) in [7, 11) is 0. The van der Waals surface area contributed by atoms with E-state index in [4.69, 9.17) is 9.40 Å². The maximum atomic E-state index is 12.6. The van der Waals surface area contributed by atoms with Gasteiger partial charge in [0.1, 0.15) is 5.76 Å². The lowest BCUT2D eigenvalue weighted by Crippen LogP contribution is -2.18. The Kier molecular flexibility index (Phi) is 5.48. The minimum Gasteiger partial charge on any atom is -0.456 e. The number of fused-ring (bicyclic) bond motifs is 1. The van der Waals surface area contributed by atoms with E-state index in [0.29, 0.717) is 5.76 Å². The highest BCUT2D eigenvalue weighted by atomic mass is 32.2. The van der Waals surface area contributed by atoms with Gasteiger partial charge in [0.2, 0.25) is 11.7 Å². The number of para-hydroxylation sites is 3. The SMILES string of the molecule is CC(=O)NCc1ccc(C(=O)CSc2nc3ccccc3n2-c2ccccc2)o1. The summed E-state index contributed by atoms with van der Waals surface area (Å²) in [6.07, 6.45) is 0. The highest BCUT2D eigenvalue weighted by molar-refractivity contribution is 7.99. The predicted molar refractivity (Wildman–Crippen MR) is 112 cm³/mol. The van der Waals surface area contributed by atoms with Gasteiger partial charge in [-0.05, 0) is 36.4 Å². The Hall–Kier alpha value is -3.32. The molecule has 2 aromatic heterocycles. The topological polar surface area (TPSA) is 77.1 Å². The van der Waals surface area contributed by atoms with E-state index in [-0.39, 0.29) is 29.7 Å². The molecule has 0 fully saturated rings. The zero-order valence-electron chi connectivity index (χ0n) is 15.8. The van der Waals surface area contributed by atoms with E-state index in [1.165, 1.54) is 18.7 Å². The van der Waals surface area contributed by atoms with Crippen LogP contribution in [0, 0.1) is 0 Å². The van der Waals surface area contributed by atoms with Crippen LogP contribution in [0.3, 0.4) is 0 Å². The molecule has 7 heteroatoms. The van der Waals surface area contributed by atoms with Crippen molar-refractivity contribution in [1.29, 1.82) is 0 Å². The number of carbonyl (C=O) groups excluding carboxylic acids is 2. The van der Waals surface area contributed by atoms with Crippen LogP contribution in [-0.2, 0) is 11.3 Å². The van der Waals surface area contributed by atoms with Crippen LogP contribution >= 0.6 is 11.8 Å². The molecule has 2 heterocycles. The van der Waals surface area contributed by atoms with Crippen LogP contribution in [0.25, 0.3) is 16.7 Å². The number of Topliss-reactive ketones (excluding diaryl/α,β-unsaturated/α-hetero) is 1. The zero-order chi connectivity index (χ0) is 20.2. The molecule has 0 atom stereocenters. The molecular formula is C22H19N3O3S. The lowest BCUT2D eigenvalue weighted by atomic mass is 10.3. The van der Waals surface area contributed by atoms with Crippen molar-refractivity contribution in [2.24, 2.45) is 0 Å². The van der Waals surface area contributed by atoms with E-state index >= 15 is 0 Å². The minimum atomic E-state index is -0.148. The normalized spacial score (nSPS) is 10.9. The van der Waals surface area contributed by atoms with Crippen LogP contribution in [0.4, 0.5) is 0 Å². The second-order valence-corrected chi connectivity index (χ2v) is 7.38. The Balaban J connectivity index is 1.54. The third kappa shape index (κ3) is 4.25. The first kappa shape index (κ1) is 19.0. The number of ketones is 1. The van der Waals surface area contributed by atoms with E-state index in [1.807, 2.05) is 54.6 Å². The van der Waals surface area contributed by atoms with Gasteiger partial charge in [0.25, 0.3) is 0 Å². The summed E-state index contributed by atoms with van der Waals surface area (Å²) in [4.78, 5) is 28.3. The number of nitrogens with one attached hydrogen (secondary N) is 1. The van der Waals surface area contributed by atoms with Gasteiger partial charge in [-0.3, -0.25) is 14.2 Å². The van der Waals surface area contributed by atoms with Crippen LogP contribution in [0.5, 0.6) is 0 Å². The van der Waals surface area contributed by atoms with Crippen LogP contribution in [0.15, 0.2) is 76.3 Å². The maximum absolute atomic E-state index is 12.6. The number of furan rings is 1. The van der Waals surface area contributed by atoms with Gasteiger partial charge in [0.05, 0.1) is 23.3 Å². The molecule has 4 rings (SSSR count). The highest BCUT2D eigenvalue weighted by Crippen LogP contribution is 2.28. The fourth-order valence-electron chi connectivity index (χ4n) is 2.96. The number of imidazole rings is 1. The molecule has 0 aliphatic rings. The minimum absolute atomic E-state index is 0.129. The summed E-state index contributed by atoms with van der Waals surface area (Å²) in [6.45, 7) is 1.70. The summed E-state index contributed by atoms with van der Waals surface area (Å²) < 4.78 is 7.61. The summed E-state index contributed by atoms with van der Waals surface area (Å²) in [5, 5.41) is 3.40. The number of thioether (sulfide) groups is 1. The van der Waals surface area contributed by atoms with E-state index in [0.717, 1.165) is 21.9 Å². The van der Waals surface area contributed by atoms with Gasteiger partial charge in [-0.25, -0.2) is 4.98 Å². The van der Waals surface area contributed by atoms with Gasteiger partial charge in [0.15, 0.2) is 10.9 Å². The first-order valence-corrected chi connectivity index (χ1v) is 10.1. The lowest BCUT2D eigenvalue weighted by Gasteiger charge is -2.08. The number of benzene rings is 2. The molecule has 6 nitrogen and oxygen atoms in total. The van der Waals surface area contributed by atoms with Crippen molar-refractivity contribution in [2.45, 2.75) is 18.6 Å². The molecule has 0 radical (unpaired) electrons. The van der Waals surface area contributed by atoms with E-state index < -0.39 is 0 Å². The Morgan fingerprint density at radius 1 is 1.03 bits per heavy atom. The number of amides is 1. The molecule has 1 N–H and O–H groups in total. The molecule has 0 aliphatic heterocycles. The second-order valence-electron chi connectivity index (χ2n) is 6.44. The molecule has 29 heavy (non-hydrogen) atoms. The van der Waals surface area contributed by atoms with Gasteiger partial charge in [-0.15, -0.1) is 0 Å². The average molecular weight is 405 g/mol. The Morgan fingerprint density at radius 2 is 1.79 bits per heavy atom. The van der Waals surface area contributed by atoms with Gasteiger partial charge in [-0.1, -0.05) is 42.1 Å². The second kappa shape index (κ2) is 8.36. The zero-order valence-corrected chi connectivity index (χ0v) is 16.6. The third-order valence-electron chi connectivity index (χ3n) is 4.32. The average Bonchev–Trinajstić information content (AvgIpc) is 3.35. The molecular weight excluding hydrogens is 386 g/mol. The smallest absolute Gasteiger partial charge is 0.217 e. The van der Waals surface area contributed by atoms with Crippen molar-refractivity contribution >= 4 is 34.5 Å². The Labute approximate surface area is 171 Å². The summed E-state index contributed by atoms with van der Waals surface area (Å²) >= 11 is 1.37. The van der Waals surface area contributed by atoms with E-state index in [2.05, 4.69) is 9.88 Å². The quantitative estimate of drug-likeness (QED) is 0.368. The van der Waals surface area contributed by atoms with E-state index in [1.54, 1.807) is 12.1 Å². The first-order valence-electron chi connectivity index (χ1n) is 9.14. The molecule has 2 aromatic carbocycles. The molecule has 1 amide bonds. The van der Waals surface area contributed by atoms with Crippen molar-refractivity contribution in [3.63, 3.8) is 0 Å². The molecule has 146 valence electrons. The molecule has 0 saturated heterocycles. The molecule has 0 bridgehead atoms. The summed E-state index contributed by atoms with van der Waals surface area (Å²) in [6, 6.07) is 21.2. The first-order chi connectivity index (χ1) is 14.1. The standard InChI is InChI=1S/C22H19N3O3S/c1-15(26)23-13-17-11-12-21(28-17)20(27)14-29-22-24-18-9-5-6-10-19(18)25(22)16-7-3-2-4-8-16/h2-12H,13-14H2,1H3,(H,23,26). The number of aromatic nitrogens is 2. The Morgan fingerprint density at radius 3 is 2.59 bits per heavy atom. The predicted octanol–water partition coefficient (Wildman–Crippen LogP) is 4.23. The molecule has 4 aromatic rings. The monoisotopic (exact) mass is 405 g/mol. The van der Waals surface area contributed by atoms with Gasteiger partial charge in [0, 0.05) is 12.6 Å². The van der Waals surface area contributed by atoms with Crippen molar-refractivity contribution in [2.75, 3.05) is 5.75 Å². The summed E-state index contributed by atoms with van der Waals surface area (Å²) in [5.74, 6) is 0.745. The molecule has 0 unspecified atom stereocenters. The van der Waals surface area contributed by atoms with Crippen molar-refractivity contribution in [1.82, 2.24) is 14.9 Å². The number of rotatable bonds is 7. The van der Waals surface area contributed by atoms with Crippen LogP contribution < -0.4 is 5.32 Å². The maximum Gasteiger partial charge on any atom is 0.217 e. The largest absolute Gasteiger partial charge is 0.456 e. The van der Waals surface area contributed by atoms with Crippen molar-refractivity contribution in [3.05, 3.63) is 78.3 Å². The Bertz CT molecular complexity index is 1160. The number of hydrogen-bond acceptors (Lipinski definition) is 5. The number of carbonyl (C=O) groups is 2. The molecule has 0 aliphatic carbocycles. The fraction of sp³-hybridized carbons (Fsp3) is 0.136. The van der Waals surface area contributed by atoms with Crippen LogP contribution in [0.2, 0.25) is 0 Å².